The molecule has 1 unspecified atom stereocenters. The number of hydrogen-bond donors (Lipinski definition) is 1. The Balaban J connectivity index is 2.09. The normalized spacial score (nSPS) is 13.4. The van der Waals surface area contributed by atoms with E-state index in [-0.39, 0.29) is 24.0 Å². The molecular weight excluding hydrogens is 577 g/mol. The first-order valence-corrected chi connectivity index (χ1v) is 12.6. The number of halogens is 5. The highest BCUT2D eigenvalue weighted by Gasteiger charge is 2.37. The highest BCUT2D eigenvalue weighted by molar-refractivity contribution is 9.10. The predicted molar refractivity (Wildman–Crippen MR) is 140 cm³/mol. The van der Waals surface area contributed by atoms with Gasteiger partial charge in [-0.1, -0.05) is 23.2 Å². The van der Waals surface area contributed by atoms with Gasteiger partial charge in [0.25, 0.3) is 5.91 Å². The van der Waals surface area contributed by atoms with Gasteiger partial charge in [-0.2, -0.15) is 0 Å². The summed E-state index contributed by atoms with van der Waals surface area (Å²) in [7, 11) is 0. The third-order valence-electron chi connectivity index (χ3n) is 5.54. The average molecular weight is 602 g/mol. The van der Waals surface area contributed by atoms with E-state index in [1.807, 2.05) is 0 Å². The van der Waals surface area contributed by atoms with Crippen LogP contribution in [0, 0.1) is 18.6 Å². The molecule has 0 bridgehead atoms. The summed E-state index contributed by atoms with van der Waals surface area (Å²) >= 11 is 15.7. The number of ether oxygens (including phenoxy) is 1. The Kier molecular flexibility index (Phi) is 8.33. The van der Waals surface area contributed by atoms with Gasteiger partial charge in [-0.25, -0.2) is 13.8 Å². The first kappa shape index (κ1) is 28.3. The number of pyridine rings is 1. The molecule has 0 radical (unpaired) electrons. The van der Waals surface area contributed by atoms with Crippen molar-refractivity contribution in [1.29, 1.82) is 0 Å². The summed E-state index contributed by atoms with van der Waals surface area (Å²) < 4.78 is 35.3. The monoisotopic (exact) mass is 600 g/mol. The van der Waals surface area contributed by atoms with E-state index in [9.17, 15) is 14.0 Å². The van der Waals surface area contributed by atoms with E-state index >= 15 is 4.39 Å². The number of nitrogens with zero attached hydrogens (tertiary/aromatic N) is 1. The summed E-state index contributed by atoms with van der Waals surface area (Å²) in [6.45, 7) is 8.39. The van der Waals surface area contributed by atoms with Gasteiger partial charge in [0.15, 0.2) is 0 Å². The van der Waals surface area contributed by atoms with Crippen LogP contribution in [-0.4, -0.2) is 22.5 Å². The maximum absolute atomic E-state index is 15.1. The molecule has 5 nitrogen and oxygen atoms in total. The smallest absolute Gasteiger partial charge is 0.306 e. The van der Waals surface area contributed by atoms with Gasteiger partial charge in [-0.05, 0) is 92.9 Å². The van der Waals surface area contributed by atoms with Crippen LogP contribution < -0.4 is 5.32 Å². The number of nitrogens with one attached hydrogen (secondary N) is 1. The van der Waals surface area contributed by atoms with Crippen molar-refractivity contribution in [3.63, 3.8) is 0 Å². The first-order valence-electron chi connectivity index (χ1n) is 11.1. The minimum absolute atomic E-state index is 0.112. The molecule has 1 aromatic heterocycles. The second kappa shape index (κ2) is 10.6. The Morgan fingerprint density at radius 1 is 1.08 bits per heavy atom. The van der Waals surface area contributed by atoms with Crippen LogP contribution in [0.3, 0.4) is 0 Å². The van der Waals surface area contributed by atoms with Crippen LogP contribution in [-0.2, 0) is 15.1 Å². The van der Waals surface area contributed by atoms with Crippen molar-refractivity contribution < 1.29 is 23.1 Å². The number of esters is 1. The Bertz CT molecular complexity index is 1360. The number of carbonyl (C=O) groups excluding carboxylic acids is 2. The maximum Gasteiger partial charge on any atom is 0.306 e. The molecule has 0 aliphatic rings. The van der Waals surface area contributed by atoms with Crippen LogP contribution in [0.1, 0.15) is 62.0 Å². The lowest BCUT2D eigenvalue weighted by molar-refractivity contribution is -0.155. The van der Waals surface area contributed by atoms with Crippen molar-refractivity contribution >= 4 is 61.9 Å². The number of aryl methyl sites for hydroxylation is 1. The maximum atomic E-state index is 15.1. The number of fused-ring (bicyclic) bond motifs is 1. The number of benzene rings is 2. The van der Waals surface area contributed by atoms with E-state index in [4.69, 9.17) is 27.9 Å². The molecule has 3 rings (SSSR count). The van der Waals surface area contributed by atoms with E-state index in [1.165, 1.54) is 6.92 Å². The van der Waals surface area contributed by atoms with Crippen molar-refractivity contribution in [2.45, 2.75) is 58.6 Å². The summed E-state index contributed by atoms with van der Waals surface area (Å²) in [4.78, 5) is 30.5. The van der Waals surface area contributed by atoms with Crippen LogP contribution in [0.25, 0.3) is 10.9 Å². The van der Waals surface area contributed by atoms with Gasteiger partial charge in [0.05, 0.1) is 21.6 Å². The molecule has 0 saturated heterocycles. The topological polar surface area (TPSA) is 68.3 Å². The molecule has 1 amide bonds. The molecule has 0 saturated carbocycles. The summed E-state index contributed by atoms with van der Waals surface area (Å²) in [6, 6.07) is 6.89. The number of hydrogen-bond acceptors (Lipinski definition) is 4. The first-order chi connectivity index (χ1) is 16.6. The van der Waals surface area contributed by atoms with Gasteiger partial charge < -0.3 is 10.1 Å². The van der Waals surface area contributed by atoms with E-state index in [2.05, 4.69) is 26.2 Å². The molecule has 1 heterocycles. The highest BCUT2D eigenvalue weighted by Crippen LogP contribution is 2.37. The fourth-order valence-corrected chi connectivity index (χ4v) is 4.90. The van der Waals surface area contributed by atoms with Gasteiger partial charge >= 0.3 is 5.97 Å². The van der Waals surface area contributed by atoms with Crippen LogP contribution in [0.2, 0.25) is 10.2 Å². The molecule has 192 valence electrons. The summed E-state index contributed by atoms with van der Waals surface area (Å²) in [5.74, 6) is -2.85. The molecule has 1 N–H and O–H groups in total. The molecule has 1 atom stereocenters. The molecule has 0 aliphatic carbocycles. The van der Waals surface area contributed by atoms with Crippen molar-refractivity contribution in [2.75, 3.05) is 0 Å². The van der Waals surface area contributed by atoms with Crippen molar-refractivity contribution in [3.05, 3.63) is 73.3 Å². The van der Waals surface area contributed by atoms with Crippen LogP contribution >= 0.6 is 39.1 Å². The average Bonchev–Trinajstić information content (AvgIpc) is 2.75. The lowest BCUT2D eigenvalue weighted by Crippen LogP contribution is -2.45. The van der Waals surface area contributed by atoms with E-state index in [0.29, 0.717) is 26.1 Å². The van der Waals surface area contributed by atoms with Crippen LogP contribution in [0.4, 0.5) is 8.78 Å². The Morgan fingerprint density at radius 2 is 1.72 bits per heavy atom. The molecule has 0 aliphatic heterocycles. The Hall–Kier alpha value is -2.29. The van der Waals surface area contributed by atoms with E-state index < -0.39 is 39.7 Å². The van der Waals surface area contributed by atoms with Crippen molar-refractivity contribution in [3.8, 4) is 0 Å². The largest absolute Gasteiger partial charge is 0.460 e. The Labute approximate surface area is 226 Å². The molecule has 0 fully saturated rings. The third-order valence-corrected chi connectivity index (χ3v) is 6.95. The number of carbonyl (C=O) groups is 2. The zero-order valence-corrected chi connectivity index (χ0v) is 23.5. The van der Waals surface area contributed by atoms with Gasteiger partial charge in [0.1, 0.15) is 22.4 Å². The van der Waals surface area contributed by atoms with Gasteiger partial charge in [-0.3, -0.25) is 9.59 Å². The lowest BCUT2D eigenvalue weighted by atomic mass is 9.86. The minimum Gasteiger partial charge on any atom is -0.460 e. The fraction of sp³-hybridized carbons (Fsp3) is 0.346. The summed E-state index contributed by atoms with van der Waals surface area (Å²) in [5, 5.41) is 3.11. The fourth-order valence-electron chi connectivity index (χ4n) is 3.87. The molecule has 36 heavy (non-hydrogen) atoms. The standard InChI is InChI=1S/C26H25BrCl2F2N2O3/c1-13-12-14-18(32-23(13)29)9-6-15(27)20(14)24(35)33-26(5,11-10-19(34)36-25(2,3)4)21-16(30)7-8-17(31)22(21)28/h6-9,12H,10-11H2,1-5H3,(H,33,35). The molecule has 3 aromatic rings. The second-order valence-corrected chi connectivity index (χ2v) is 11.3. The predicted octanol–water partition coefficient (Wildman–Crippen LogP) is 7.66. The number of amides is 1. The highest BCUT2D eigenvalue weighted by atomic mass is 79.9. The molecule has 10 heteroatoms. The quantitative estimate of drug-likeness (QED) is 0.179. The zero-order valence-electron chi connectivity index (χ0n) is 20.4. The SMILES string of the molecule is Cc1cc2c(C(=O)NC(C)(CCC(=O)OC(C)(C)C)c3c(F)ccc(F)c3Cl)c(Br)ccc2nc1Cl. The van der Waals surface area contributed by atoms with Crippen molar-refractivity contribution in [2.24, 2.45) is 0 Å². The van der Waals surface area contributed by atoms with Gasteiger partial charge in [0, 0.05) is 21.8 Å². The molecular formula is C26H25BrCl2F2N2O3. The van der Waals surface area contributed by atoms with Gasteiger partial charge in [-0.15, -0.1) is 0 Å². The van der Waals surface area contributed by atoms with Crippen LogP contribution in [0.5, 0.6) is 0 Å². The lowest BCUT2D eigenvalue weighted by Gasteiger charge is -2.33. The second-order valence-electron chi connectivity index (χ2n) is 9.68. The van der Waals surface area contributed by atoms with Crippen LogP contribution in [0.15, 0.2) is 34.8 Å². The summed E-state index contributed by atoms with van der Waals surface area (Å²) in [5.41, 5.74) is -1.23. The van der Waals surface area contributed by atoms with E-state index in [1.54, 1.807) is 45.9 Å². The number of rotatable bonds is 6. The summed E-state index contributed by atoms with van der Waals surface area (Å²) in [6.07, 6.45) is -0.299. The minimum atomic E-state index is -1.58. The zero-order chi connectivity index (χ0) is 27.0. The van der Waals surface area contributed by atoms with Crippen molar-refractivity contribution in [1.82, 2.24) is 10.3 Å². The van der Waals surface area contributed by atoms with E-state index in [0.717, 1.165) is 12.1 Å². The molecule has 2 aromatic carbocycles. The van der Waals surface area contributed by atoms with Gasteiger partial charge in [0.2, 0.25) is 0 Å². The Morgan fingerprint density at radius 3 is 2.36 bits per heavy atom. The number of aromatic nitrogens is 1. The third kappa shape index (κ3) is 6.15. The molecule has 0 spiro atoms.